The topological polar surface area (TPSA) is 47.4 Å². The highest BCUT2D eigenvalue weighted by molar-refractivity contribution is 5.03. The van der Waals surface area contributed by atoms with Gasteiger partial charge in [-0.25, -0.2) is 4.98 Å². The van der Waals surface area contributed by atoms with Gasteiger partial charge >= 0.3 is 6.18 Å². The summed E-state index contributed by atoms with van der Waals surface area (Å²) in [6.07, 6.45) is 2.12. The molecule has 1 atom stereocenters. The Kier molecular flexibility index (Phi) is 5.78. The van der Waals surface area contributed by atoms with Crippen molar-refractivity contribution in [3.63, 3.8) is 0 Å². The lowest BCUT2D eigenvalue weighted by Gasteiger charge is -2.35. The van der Waals surface area contributed by atoms with Crippen molar-refractivity contribution in [1.82, 2.24) is 14.5 Å². The molecule has 25 heavy (non-hydrogen) atoms. The number of piperidine rings is 1. The Morgan fingerprint density at radius 2 is 1.92 bits per heavy atom. The molecule has 0 aromatic carbocycles. The molecule has 8 heteroatoms. The first-order valence-electron chi connectivity index (χ1n) is 8.89. The first kappa shape index (κ1) is 18.4. The van der Waals surface area contributed by atoms with Crippen LogP contribution in [0.4, 0.5) is 13.2 Å². The largest absolute Gasteiger partial charge is 0.433 e. The Labute approximate surface area is 144 Å². The summed E-state index contributed by atoms with van der Waals surface area (Å²) in [4.78, 5) is 17.7. The minimum atomic E-state index is -4.58. The molecular weight excluding hydrogens is 335 g/mol. The average Bonchev–Trinajstić information content (AvgIpc) is 2.58. The SMILES string of the molecule is O=c1cc(C(F)(F)F)ncn1CC1CCN(CC2CCCCO2)CC1. The van der Waals surface area contributed by atoms with Gasteiger partial charge in [-0.15, -0.1) is 0 Å². The normalized spacial score (nSPS) is 23.7. The van der Waals surface area contributed by atoms with E-state index in [-0.39, 0.29) is 0 Å². The van der Waals surface area contributed by atoms with E-state index >= 15 is 0 Å². The molecule has 2 fully saturated rings. The van der Waals surface area contributed by atoms with Crippen LogP contribution in [0, 0.1) is 5.92 Å². The molecule has 1 aromatic rings. The van der Waals surface area contributed by atoms with Crippen LogP contribution in [0.15, 0.2) is 17.2 Å². The second-order valence-corrected chi connectivity index (χ2v) is 7.00. The second kappa shape index (κ2) is 7.86. The van der Waals surface area contributed by atoms with E-state index in [1.165, 1.54) is 11.0 Å². The Balaban J connectivity index is 1.49. The highest BCUT2D eigenvalue weighted by atomic mass is 19.4. The fourth-order valence-corrected chi connectivity index (χ4v) is 3.59. The van der Waals surface area contributed by atoms with Gasteiger partial charge in [-0.05, 0) is 51.1 Å². The molecule has 0 radical (unpaired) electrons. The van der Waals surface area contributed by atoms with E-state index in [1.807, 2.05) is 0 Å². The van der Waals surface area contributed by atoms with Crippen molar-refractivity contribution in [3.05, 3.63) is 28.4 Å². The molecule has 0 aliphatic carbocycles. The monoisotopic (exact) mass is 359 g/mol. The van der Waals surface area contributed by atoms with Crippen LogP contribution in [-0.4, -0.2) is 46.8 Å². The zero-order chi connectivity index (χ0) is 17.9. The zero-order valence-corrected chi connectivity index (χ0v) is 14.2. The maximum absolute atomic E-state index is 12.6. The van der Waals surface area contributed by atoms with E-state index in [1.54, 1.807) is 0 Å². The van der Waals surface area contributed by atoms with Crippen molar-refractivity contribution in [2.75, 3.05) is 26.2 Å². The first-order valence-corrected chi connectivity index (χ1v) is 8.89. The molecule has 1 unspecified atom stereocenters. The molecule has 0 bridgehead atoms. The summed E-state index contributed by atoms with van der Waals surface area (Å²) in [5.74, 6) is 0.291. The predicted molar refractivity (Wildman–Crippen MR) is 86.3 cm³/mol. The quantitative estimate of drug-likeness (QED) is 0.829. The molecule has 0 N–H and O–H groups in total. The fraction of sp³-hybridized carbons (Fsp3) is 0.765. The van der Waals surface area contributed by atoms with Crippen molar-refractivity contribution in [2.24, 2.45) is 5.92 Å². The molecule has 2 aliphatic rings. The lowest BCUT2D eigenvalue weighted by molar-refractivity contribution is -0.141. The molecular formula is C17H24F3N3O2. The minimum absolute atomic E-state index is 0.291. The van der Waals surface area contributed by atoms with Gasteiger partial charge in [0.2, 0.25) is 0 Å². The Bertz CT molecular complexity index is 618. The number of hydrogen-bond donors (Lipinski definition) is 0. The van der Waals surface area contributed by atoms with Gasteiger partial charge in [-0.2, -0.15) is 13.2 Å². The van der Waals surface area contributed by atoms with E-state index < -0.39 is 17.4 Å². The van der Waals surface area contributed by atoms with Crippen LogP contribution in [0.2, 0.25) is 0 Å². The molecule has 0 spiro atoms. The van der Waals surface area contributed by atoms with Crippen molar-refractivity contribution < 1.29 is 17.9 Å². The molecule has 140 valence electrons. The van der Waals surface area contributed by atoms with Crippen molar-refractivity contribution in [1.29, 1.82) is 0 Å². The van der Waals surface area contributed by atoms with E-state index in [0.29, 0.717) is 24.6 Å². The second-order valence-electron chi connectivity index (χ2n) is 7.00. The van der Waals surface area contributed by atoms with E-state index in [9.17, 15) is 18.0 Å². The lowest BCUT2D eigenvalue weighted by atomic mass is 9.96. The van der Waals surface area contributed by atoms with Gasteiger partial charge in [-0.3, -0.25) is 9.36 Å². The summed E-state index contributed by atoms with van der Waals surface area (Å²) < 4.78 is 44.8. The molecule has 2 aliphatic heterocycles. The van der Waals surface area contributed by atoms with Crippen LogP contribution in [0.3, 0.4) is 0 Å². The van der Waals surface area contributed by atoms with Crippen molar-refractivity contribution >= 4 is 0 Å². The number of rotatable bonds is 4. The number of nitrogens with zero attached hydrogens (tertiary/aromatic N) is 3. The maximum Gasteiger partial charge on any atom is 0.433 e. The van der Waals surface area contributed by atoms with E-state index in [4.69, 9.17) is 4.74 Å². The third-order valence-corrected chi connectivity index (χ3v) is 5.07. The standard InChI is InChI=1S/C17H24F3N3O2/c18-17(19,20)15-9-16(24)23(12-21-15)10-13-4-6-22(7-5-13)11-14-3-1-2-8-25-14/h9,12-14H,1-8,10-11H2. The van der Waals surface area contributed by atoms with Gasteiger partial charge in [0.05, 0.1) is 12.4 Å². The summed E-state index contributed by atoms with van der Waals surface area (Å²) in [7, 11) is 0. The number of halogens is 3. The van der Waals surface area contributed by atoms with Crippen LogP contribution >= 0.6 is 0 Å². The summed E-state index contributed by atoms with van der Waals surface area (Å²) in [5, 5.41) is 0. The van der Waals surface area contributed by atoms with Gasteiger partial charge < -0.3 is 9.64 Å². The van der Waals surface area contributed by atoms with Gasteiger partial charge in [0.25, 0.3) is 5.56 Å². The van der Waals surface area contributed by atoms with Crippen LogP contribution < -0.4 is 5.56 Å². The van der Waals surface area contributed by atoms with Crippen LogP contribution in [0.25, 0.3) is 0 Å². The molecule has 3 heterocycles. The third-order valence-electron chi connectivity index (χ3n) is 5.07. The summed E-state index contributed by atoms with van der Waals surface area (Å²) in [5.41, 5.74) is -1.77. The minimum Gasteiger partial charge on any atom is -0.377 e. The van der Waals surface area contributed by atoms with Gasteiger partial charge in [0, 0.05) is 25.8 Å². The van der Waals surface area contributed by atoms with Crippen LogP contribution in [-0.2, 0) is 17.5 Å². The zero-order valence-electron chi connectivity index (χ0n) is 14.2. The first-order chi connectivity index (χ1) is 11.9. The van der Waals surface area contributed by atoms with Crippen molar-refractivity contribution in [2.45, 2.75) is 50.9 Å². The highest BCUT2D eigenvalue weighted by Gasteiger charge is 2.33. The van der Waals surface area contributed by atoms with Gasteiger partial charge in [0.1, 0.15) is 0 Å². The molecule has 5 nitrogen and oxygen atoms in total. The number of alkyl halides is 3. The van der Waals surface area contributed by atoms with Gasteiger partial charge in [-0.1, -0.05) is 0 Å². The molecule has 2 saturated heterocycles. The summed E-state index contributed by atoms with van der Waals surface area (Å²) in [6, 6.07) is 0.579. The van der Waals surface area contributed by atoms with Crippen LogP contribution in [0.1, 0.15) is 37.8 Å². The van der Waals surface area contributed by atoms with Crippen molar-refractivity contribution in [3.8, 4) is 0 Å². The average molecular weight is 359 g/mol. The Morgan fingerprint density at radius 1 is 1.16 bits per heavy atom. The fourth-order valence-electron chi connectivity index (χ4n) is 3.59. The molecule has 0 amide bonds. The molecule has 1 aromatic heterocycles. The van der Waals surface area contributed by atoms with Crippen LogP contribution in [0.5, 0.6) is 0 Å². The molecule has 0 saturated carbocycles. The highest BCUT2D eigenvalue weighted by Crippen LogP contribution is 2.26. The number of ether oxygens (including phenoxy) is 1. The summed E-state index contributed by atoms with van der Waals surface area (Å²) in [6.45, 7) is 4.11. The number of likely N-dealkylation sites (tertiary alicyclic amines) is 1. The lowest BCUT2D eigenvalue weighted by Crippen LogP contribution is -2.41. The Hall–Kier alpha value is -1.41. The van der Waals surface area contributed by atoms with Gasteiger partial charge in [0.15, 0.2) is 5.69 Å². The molecule has 3 rings (SSSR count). The van der Waals surface area contributed by atoms with E-state index in [0.717, 1.165) is 58.3 Å². The number of aromatic nitrogens is 2. The van der Waals surface area contributed by atoms with E-state index in [2.05, 4.69) is 9.88 Å². The summed E-state index contributed by atoms with van der Waals surface area (Å²) >= 11 is 0. The smallest absolute Gasteiger partial charge is 0.377 e. The third kappa shape index (κ3) is 5.04. The predicted octanol–water partition coefficient (Wildman–Crippen LogP) is 2.54. The maximum atomic E-state index is 12.6. The number of hydrogen-bond acceptors (Lipinski definition) is 4. The Morgan fingerprint density at radius 3 is 2.52 bits per heavy atom.